The Morgan fingerprint density at radius 2 is 1.76 bits per heavy atom. The third-order valence-corrected chi connectivity index (χ3v) is 5.64. The molecule has 0 fully saturated rings. The van der Waals surface area contributed by atoms with Gasteiger partial charge in [-0.05, 0) is 43.3 Å². The van der Waals surface area contributed by atoms with Crippen molar-refractivity contribution in [3.8, 4) is 6.07 Å². The lowest BCUT2D eigenvalue weighted by Crippen LogP contribution is -2.30. The molecule has 0 aromatic heterocycles. The maximum absolute atomic E-state index is 12.2. The Labute approximate surface area is 168 Å². The minimum atomic E-state index is -3.84. The van der Waals surface area contributed by atoms with Gasteiger partial charge in [-0.2, -0.15) is 5.26 Å². The largest absolute Gasteiger partial charge is 0.449 e. The number of carbonyl (C=O) groups is 2. The van der Waals surface area contributed by atoms with E-state index in [1.165, 1.54) is 45.3 Å². The van der Waals surface area contributed by atoms with Gasteiger partial charge in [-0.3, -0.25) is 9.63 Å². The van der Waals surface area contributed by atoms with Crippen LogP contribution in [0.1, 0.15) is 22.8 Å². The summed E-state index contributed by atoms with van der Waals surface area (Å²) < 4.78 is 30.1. The second-order valence-electron chi connectivity index (χ2n) is 5.82. The van der Waals surface area contributed by atoms with E-state index in [1.807, 2.05) is 6.07 Å². The molecule has 0 radical (unpaired) electrons. The summed E-state index contributed by atoms with van der Waals surface area (Å²) in [5.41, 5.74) is 0.651. The van der Waals surface area contributed by atoms with Gasteiger partial charge in [0.2, 0.25) is 0 Å². The average Bonchev–Trinajstić information content (AvgIpc) is 2.73. The van der Waals surface area contributed by atoms with Crippen molar-refractivity contribution in [1.29, 1.82) is 5.26 Å². The van der Waals surface area contributed by atoms with Crippen molar-refractivity contribution < 1.29 is 27.6 Å². The molecule has 0 spiro atoms. The quantitative estimate of drug-likeness (QED) is 0.539. The number of nitrogens with one attached hydrogen (secondary N) is 1. The number of nitriles is 1. The summed E-state index contributed by atoms with van der Waals surface area (Å²) in [5, 5.41) is 11.6. The van der Waals surface area contributed by atoms with Gasteiger partial charge in [-0.15, -0.1) is 0 Å². The minimum absolute atomic E-state index is 0.0705. The minimum Gasteiger partial charge on any atom is -0.449 e. The lowest BCUT2D eigenvalue weighted by atomic mass is 10.2. The van der Waals surface area contributed by atoms with E-state index in [0.29, 0.717) is 10.2 Å². The van der Waals surface area contributed by atoms with Crippen LogP contribution in [0, 0.1) is 11.3 Å². The van der Waals surface area contributed by atoms with Crippen LogP contribution in [0.5, 0.6) is 0 Å². The molecule has 2 aromatic rings. The number of hydrogen-bond donors (Lipinski definition) is 1. The van der Waals surface area contributed by atoms with Gasteiger partial charge in [0.1, 0.15) is 6.07 Å². The number of nitrogens with zero attached hydrogens (tertiary/aromatic N) is 2. The second-order valence-corrected chi connectivity index (χ2v) is 7.75. The van der Waals surface area contributed by atoms with Crippen molar-refractivity contribution in [2.75, 3.05) is 19.5 Å². The summed E-state index contributed by atoms with van der Waals surface area (Å²) >= 11 is 0. The van der Waals surface area contributed by atoms with Gasteiger partial charge in [0.05, 0.1) is 28.8 Å². The fraction of sp³-hybridized carbons (Fsp3) is 0.211. The maximum atomic E-state index is 12.2. The van der Waals surface area contributed by atoms with Crippen molar-refractivity contribution in [2.24, 2.45) is 0 Å². The van der Waals surface area contributed by atoms with Gasteiger partial charge in [0.25, 0.3) is 15.9 Å². The highest BCUT2D eigenvalue weighted by atomic mass is 32.2. The number of hydroxylamine groups is 1. The number of anilines is 1. The molecule has 9 nitrogen and oxygen atoms in total. The summed E-state index contributed by atoms with van der Waals surface area (Å²) in [7, 11) is -1.39. The van der Waals surface area contributed by atoms with Gasteiger partial charge < -0.3 is 10.1 Å². The smallest absolute Gasteiger partial charge is 0.338 e. The normalized spacial score (nSPS) is 12.1. The number of sulfonamides is 1. The summed E-state index contributed by atoms with van der Waals surface area (Å²) in [6.45, 7) is 1.38. The number of hydrogen-bond acceptors (Lipinski definition) is 7. The van der Waals surface area contributed by atoms with Crippen LogP contribution >= 0.6 is 0 Å². The highest BCUT2D eigenvalue weighted by Gasteiger charge is 2.23. The number of carbonyl (C=O) groups excluding carboxylic acids is 2. The standard InChI is InChI=1S/C19H19N3O6S/c1-13(18(23)21-17-7-5-4-6-15(17)12-20)28-19(24)14-8-10-16(11-9-14)29(25,26)22(2)27-3/h4-11,13H,1-3H3,(H,21,23)/t13-/m0/s1. The van der Waals surface area contributed by atoms with E-state index in [-0.39, 0.29) is 16.0 Å². The molecule has 10 heteroatoms. The zero-order valence-electron chi connectivity index (χ0n) is 15.9. The third-order valence-electron chi connectivity index (χ3n) is 3.94. The molecule has 29 heavy (non-hydrogen) atoms. The van der Waals surface area contributed by atoms with E-state index in [4.69, 9.17) is 10.00 Å². The molecule has 0 aliphatic heterocycles. The molecule has 2 aromatic carbocycles. The van der Waals surface area contributed by atoms with Gasteiger partial charge >= 0.3 is 5.97 Å². The highest BCUT2D eigenvalue weighted by Crippen LogP contribution is 2.17. The first-order chi connectivity index (χ1) is 13.7. The van der Waals surface area contributed by atoms with E-state index < -0.39 is 28.0 Å². The van der Waals surface area contributed by atoms with Gasteiger partial charge in [-0.25, -0.2) is 13.2 Å². The maximum Gasteiger partial charge on any atom is 0.338 e. The topological polar surface area (TPSA) is 126 Å². The van der Waals surface area contributed by atoms with Crippen LogP contribution < -0.4 is 5.32 Å². The van der Waals surface area contributed by atoms with E-state index in [1.54, 1.807) is 24.3 Å². The first-order valence-corrected chi connectivity index (χ1v) is 9.78. The Kier molecular flexibility index (Phi) is 7.06. The zero-order chi connectivity index (χ0) is 21.6. The average molecular weight is 417 g/mol. The number of rotatable bonds is 7. The third kappa shape index (κ3) is 5.17. The van der Waals surface area contributed by atoms with Crippen LogP contribution in [-0.2, 0) is 24.4 Å². The SMILES string of the molecule is CON(C)S(=O)(=O)c1ccc(C(=O)O[C@@H](C)C(=O)Nc2ccccc2C#N)cc1. The number of ether oxygens (including phenoxy) is 1. The fourth-order valence-corrected chi connectivity index (χ4v) is 3.19. The molecule has 0 unspecified atom stereocenters. The van der Waals surface area contributed by atoms with Crippen LogP contribution in [0.25, 0.3) is 0 Å². The molecule has 1 N–H and O–H groups in total. The first kappa shape index (κ1) is 22.0. The lowest BCUT2D eigenvalue weighted by molar-refractivity contribution is -0.123. The molecule has 1 amide bonds. The Morgan fingerprint density at radius 1 is 1.14 bits per heavy atom. The summed E-state index contributed by atoms with van der Waals surface area (Å²) in [4.78, 5) is 29.1. The van der Waals surface area contributed by atoms with Crippen LogP contribution in [0.4, 0.5) is 5.69 Å². The van der Waals surface area contributed by atoms with Crippen LogP contribution in [-0.4, -0.2) is 45.0 Å². The molecule has 0 saturated heterocycles. The van der Waals surface area contributed by atoms with Gasteiger partial charge in [0, 0.05) is 7.05 Å². The van der Waals surface area contributed by atoms with Crippen LogP contribution in [0.3, 0.4) is 0 Å². The van der Waals surface area contributed by atoms with Crippen molar-refractivity contribution >= 4 is 27.6 Å². The lowest BCUT2D eigenvalue weighted by Gasteiger charge is -2.15. The first-order valence-electron chi connectivity index (χ1n) is 8.34. The number of benzene rings is 2. The molecule has 152 valence electrons. The molecule has 0 bridgehead atoms. The Bertz CT molecular complexity index is 1040. The number of amides is 1. The Morgan fingerprint density at radius 3 is 2.34 bits per heavy atom. The Balaban J connectivity index is 2.06. The van der Waals surface area contributed by atoms with Gasteiger partial charge in [0.15, 0.2) is 6.10 Å². The van der Waals surface area contributed by atoms with Crippen molar-refractivity contribution in [1.82, 2.24) is 4.47 Å². The van der Waals surface area contributed by atoms with Crippen LogP contribution in [0.2, 0.25) is 0 Å². The number of esters is 1. The predicted molar refractivity (Wildman–Crippen MR) is 103 cm³/mol. The molecular formula is C19H19N3O6S. The molecule has 0 heterocycles. The van der Waals surface area contributed by atoms with E-state index >= 15 is 0 Å². The summed E-state index contributed by atoms with van der Waals surface area (Å²) in [6.07, 6.45) is -1.14. The molecule has 0 aliphatic carbocycles. The molecule has 0 aliphatic rings. The van der Waals surface area contributed by atoms with Crippen LogP contribution in [0.15, 0.2) is 53.4 Å². The molecular weight excluding hydrogens is 398 g/mol. The number of para-hydroxylation sites is 1. The van der Waals surface area contributed by atoms with Crippen molar-refractivity contribution in [3.63, 3.8) is 0 Å². The summed E-state index contributed by atoms with van der Waals surface area (Å²) in [6, 6.07) is 13.4. The highest BCUT2D eigenvalue weighted by molar-refractivity contribution is 7.89. The Hall–Kier alpha value is -3.26. The van der Waals surface area contributed by atoms with Crippen molar-refractivity contribution in [3.05, 3.63) is 59.7 Å². The molecule has 0 saturated carbocycles. The second kappa shape index (κ2) is 9.29. The van der Waals surface area contributed by atoms with Crippen molar-refractivity contribution in [2.45, 2.75) is 17.9 Å². The van der Waals surface area contributed by atoms with Gasteiger partial charge in [-0.1, -0.05) is 16.6 Å². The zero-order valence-corrected chi connectivity index (χ0v) is 16.8. The monoisotopic (exact) mass is 417 g/mol. The molecule has 1 atom stereocenters. The predicted octanol–water partition coefficient (Wildman–Crippen LogP) is 1.92. The van der Waals surface area contributed by atoms with E-state index in [2.05, 4.69) is 10.2 Å². The van der Waals surface area contributed by atoms with E-state index in [0.717, 1.165) is 0 Å². The molecule has 2 rings (SSSR count). The summed E-state index contributed by atoms with van der Waals surface area (Å²) in [5.74, 6) is -1.41. The fourth-order valence-electron chi connectivity index (χ4n) is 2.22. The van der Waals surface area contributed by atoms with E-state index in [9.17, 15) is 18.0 Å².